The van der Waals surface area contributed by atoms with Crippen molar-refractivity contribution in [3.8, 4) is 0 Å². The van der Waals surface area contributed by atoms with Crippen LogP contribution >= 0.6 is 27.7 Å². The summed E-state index contributed by atoms with van der Waals surface area (Å²) in [5, 5.41) is 0. The van der Waals surface area contributed by atoms with E-state index in [0.29, 0.717) is 0 Å². The van der Waals surface area contributed by atoms with E-state index in [0.717, 1.165) is 15.6 Å². The fourth-order valence-electron chi connectivity index (χ4n) is 2.76. The van der Waals surface area contributed by atoms with E-state index in [1.807, 2.05) is 52.8 Å². The van der Waals surface area contributed by atoms with E-state index in [1.54, 1.807) is 0 Å². The Kier molecular flexibility index (Phi) is 3.93. The zero-order valence-corrected chi connectivity index (χ0v) is 14.8. The Balaban J connectivity index is 2.60. The van der Waals surface area contributed by atoms with Crippen LogP contribution in [0.4, 0.5) is 0 Å². The molecule has 1 heterocycles. The maximum Gasteiger partial charge on any atom is 0.163 e. The molecule has 0 aliphatic carbocycles. The van der Waals surface area contributed by atoms with Crippen molar-refractivity contribution in [2.45, 2.75) is 50.0 Å². The molecule has 1 aromatic carbocycles. The van der Waals surface area contributed by atoms with Gasteiger partial charge in [0.25, 0.3) is 0 Å². The van der Waals surface area contributed by atoms with Crippen LogP contribution in [0.2, 0.25) is 0 Å². The fourth-order valence-corrected chi connectivity index (χ4v) is 4.85. The van der Waals surface area contributed by atoms with Crippen molar-refractivity contribution in [3.63, 3.8) is 0 Å². The number of halogens is 1. The van der Waals surface area contributed by atoms with Crippen molar-refractivity contribution < 1.29 is 9.59 Å². The van der Waals surface area contributed by atoms with Crippen molar-refractivity contribution in [3.05, 3.63) is 33.8 Å². The van der Waals surface area contributed by atoms with E-state index in [1.165, 1.54) is 11.8 Å². The zero-order chi connectivity index (χ0) is 15.3. The molecule has 0 radical (unpaired) electrons. The zero-order valence-electron chi connectivity index (χ0n) is 12.4. The SMILES string of the molecule is Cc1ccc(Br)cc1C1C(=O)C(C)(C)SC(C)(C)C1=O. The molecule has 0 unspecified atom stereocenters. The normalized spacial score (nSPS) is 22.1. The van der Waals surface area contributed by atoms with Crippen LogP contribution in [-0.4, -0.2) is 21.1 Å². The predicted molar refractivity (Wildman–Crippen MR) is 87.4 cm³/mol. The van der Waals surface area contributed by atoms with Crippen LogP contribution in [-0.2, 0) is 9.59 Å². The predicted octanol–water partition coefficient (Wildman–Crippen LogP) is 4.28. The van der Waals surface area contributed by atoms with Crippen LogP contribution in [0.3, 0.4) is 0 Å². The van der Waals surface area contributed by atoms with E-state index >= 15 is 0 Å². The lowest BCUT2D eigenvalue weighted by atomic mass is 9.79. The molecule has 1 aliphatic rings. The molecule has 1 aromatic rings. The summed E-state index contributed by atoms with van der Waals surface area (Å²) in [5.74, 6) is -0.639. The number of Topliss-reactive ketones (excluding diaryl/α,β-unsaturated/α-hetero) is 2. The van der Waals surface area contributed by atoms with Gasteiger partial charge in [0.1, 0.15) is 5.92 Å². The van der Waals surface area contributed by atoms with Gasteiger partial charge >= 0.3 is 0 Å². The largest absolute Gasteiger partial charge is 0.297 e. The number of thioether (sulfide) groups is 1. The number of hydrogen-bond acceptors (Lipinski definition) is 3. The van der Waals surface area contributed by atoms with Gasteiger partial charge in [0.2, 0.25) is 0 Å². The maximum atomic E-state index is 12.8. The van der Waals surface area contributed by atoms with E-state index in [-0.39, 0.29) is 11.6 Å². The van der Waals surface area contributed by atoms with Crippen LogP contribution in [0.15, 0.2) is 22.7 Å². The maximum absolute atomic E-state index is 12.8. The Hall–Kier alpha value is -0.610. The second kappa shape index (κ2) is 4.99. The first-order valence-electron chi connectivity index (χ1n) is 6.61. The van der Waals surface area contributed by atoms with Crippen LogP contribution in [0.5, 0.6) is 0 Å². The quantitative estimate of drug-likeness (QED) is 0.705. The van der Waals surface area contributed by atoms with Crippen LogP contribution < -0.4 is 0 Å². The molecule has 0 aromatic heterocycles. The van der Waals surface area contributed by atoms with Gasteiger partial charge < -0.3 is 0 Å². The first kappa shape index (κ1) is 15.8. The average Bonchev–Trinajstić information content (AvgIpc) is 2.30. The summed E-state index contributed by atoms with van der Waals surface area (Å²) in [4.78, 5) is 25.5. The smallest absolute Gasteiger partial charge is 0.163 e. The standard InChI is InChI=1S/C16H19BrO2S/c1-9-6-7-10(17)8-11(9)12-13(18)15(2,3)20-16(4,5)14(12)19/h6-8,12H,1-5H3. The van der Waals surface area contributed by atoms with Crippen molar-refractivity contribution >= 4 is 39.3 Å². The molecule has 20 heavy (non-hydrogen) atoms. The van der Waals surface area contributed by atoms with Gasteiger partial charge in [0.15, 0.2) is 11.6 Å². The first-order valence-corrected chi connectivity index (χ1v) is 8.22. The van der Waals surface area contributed by atoms with Gasteiger partial charge in [-0.05, 0) is 57.9 Å². The number of rotatable bonds is 1. The molecule has 0 bridgehead atoms. The molecule has 0 atom stereocenters. The number of aryl methyl sites for hydroxylation is 1. The molecular weight excluding hydrogens is 336 g/mol. The number of benzene rings is 1. The molecule has 1 aliphatic heterocycles. The Morgan fingerprint density at radius 1 is 1.05 bits per heavy atom. The first-order chi connectivity index (χ1) is 9.06. The number of ketones is 2. The summed E-state index contributed by atoms with van der Waals surface area (Å²) >= 11 is 4.89. The van der Waals surface area contributed by atoms with Crippen LogP contribution in [0.1, 0.15) is 44.7 Å². The summed E-state index contributed by atoms with van der Waals surface area (Å²) < 4.78 is -0.194. The Bertz CT molecular complexity index is 564. The van der Waals surface area contributed by atoms with Gasteiger partial charge in [0.05, 0.1) is 9.49 Å². The highest BCUT2D eigenvalue weighted by molar-refractivity contribution is 9.10. The molecule has 0 spiro atoms. The molecule has 1 fully saturated rings. The summed E-state index contributed by atoms with van der Waals surface area (Å²) in [6.07, 6.45) is 0. The molecular formula is C16H19BrO2S. The fraction of sp³-hybridized carbons (Fsp3) is 0.500. The summed E-state index contributed by atoms with van der Waals surface area (Å²) in [6, 6.07) is 5.78. The van der Waals surface area contributed by atoms with E-state index in [2.05, 4.69) is 15.9 Å². The molecule has 0 saturated carbocycles. The molecule has 4 heteroatoms. The molecule has 0 N–H and O–H groups in total. The third-order valence-corrected chi connectivity index (χ3v) is 5.69. The monoisotopic (exact) mass is 354 g/mol. The average molecular weight is 355 g/mol. The number of carbonyl (C=O) groups excluding carboxylic acids is 2. The molecule has 2 rings (SSSR count). The van der Waals surface area contributed by atoms with Gasteiger partial charge in [0, 0.05) is 4.47 Å². The third kappa shape index (κ3) is 2.60. The van der Waals surface area contributed by atoms with Gasteiger partial charge in [-0.1, -0.05) is 22.0 Å². The molecule has 1 saturated heterocycles. The Labute approximate surface area is 132 Å². The summed E-state index contributed by atoms with van der Waals surface area (Å²) in [6.45, 7) is 9.59. The highest BCUT2D eigenvalue weighted by Gasteiger charge is 2.52. The molecule has 0 amide bonds. The highest BCUT2D eigenvalue weighted by atomic mass is 79.9. The van der Waals surface area contributed by atoms with E-state index in [9.17, 15) is 9.59 Å². The summed E-state index contributed by atoms with van der Waals surface area (Å²) in [5.41, 5.74) is 1.81. The molecule has 108 valence electrons. The Morgan fingerprint density at radius 3 is 2.05 bits per heavy atom. The van der Waals surface area contributed by atoms with Crippen LogP contribution in [0.25, 0.3) is 0 Å². The summed E-state index contributed by atoms with van der Waals surface area (Å²) in [7, 11) is 0. The minimum absolute atomic E-state index is 0.00743. The van der Waals surface area contributed by atoms with Crippen molar-refractivity contribution in [2.24, 2.45) is 0 Å². The van der Waals surface area contributed by atoms with Gasteiger partial charge in [-0.3, -0.25) is 9.59 Å². The lowest BCUT2D eigenvalue weighted by Crippen LogP contribution is -2.51. The van der Waals surface area contributed by atoms with Gasteiger partial charge in [-0.25, -0.2) is 0 Å². The second-order valence-corrected chi connectivity index (χ2v) is 9.45. The topological polar surface area (TPSA) is 34.1 Å². The van der Waals surface area contributed by atoms with Crippen molar-refractivity contribution in [1.82, 2.24) is 0 Å². The third-order valence-electron chi connectivity index (χ3n) is 3.77. The second-order valence-electron chi connectivity index (χ2n) is 6.29. The van der Waals surface area contributed by atoms with Crippen molar-refractivity contribution in [2.75, 3.05) is 0 Å². The van der Waals surface area contributed by atoms with E-state index in [4.69, 9.17) is 0 Å². The Morgan fingerprint density at radius 2 is 1.55 bits per heavy atom. The van der Waals surface area contributed by atoms with E-state index < -0.39 is 15.4 Å². The minimum atomic E-state index is -0.654. The minimum Gasteiger partial charge on any atom is -0.297 e. The number of hydrogen-bond donors (Lipinski definition) is 0. The van der Waals surface area contributed by atoms with Gasteiger partial charge in [-0.15, -0.1) is 11.8 Å². The molecule has 2 nitrogen and oxygen atoms in total. The van der Waals surface area contributed by atoms with Crippen molar-refractivity contribution in [1.29, 1.82) is 0 Å². The van der Waals surface area contributed by atoms with Crippen LogP contribution in [0, 0.1) is 6.92 Å². The highest BCUT2D eigenvalue weighted by Crippen LogP contribution is 2.48. The number of carbonyl (C=O) groups is 2. The lowest BCUT2D eigenvalue weighted by Gasteiger charge is -2.42. The lowest BCUT2D eigenvalue weighted by molar-refractivity contribution is -0.132. The van der Waals surface area contributed by atoms with Gasteiger partial charge in [-0.2, -0.15) is 0 Å².